The maximum atomic E-state index is 4.54. The Balaban J connectivity index is 2.01. The minimum Gasteiger partial charge on any atom is -0.308 e. The van der Waals surface area contributed by atoms with Gasteiger partial charge in [-0.3, -0.25) is 4.98 Å². The highest BCUT2D eigenvalue weighted by molar-refractivity contribution is 5.25. The van der Waals surface area contributed by atoms with Crippen LogP contribution in [0.4, 0.5) is 0 Å². The van der Waals surface area contributed by atoms with Crippen LogP contribution >= 0.6 is 0 Å². The highest BCUT2D eigenvalue weighted by atomic mass is 14.9. The smallest absolute Gasteiger partial charge is 0.0605 e. The van der Waals surface area contributed by atoms with Crippen molar-refractivity contribution in [3.8, 4) is 0 Å². The first-order valence-electron chi connectivity index (χ1n) is 6.48. The summed E-state index contributed by atoms with van der Waals surface area (Å²) >= 11 is 0. The molecule has 2 heteroatoms. The first-order chi connectivity index (χ1) is 7.81. The van der Waals surface area contributed by atoms with Crippen molar-refractivity contribution in [1.29, 1.82) is 0 Å². The standard InChI is InChI=1S/C14H22N2/c1-3-11(2)10-16-13-8-4-6-12-7-5-9-15-14(12)13/h5,7,9,11,13,16H,3-4,6,8,10H2,1-2H3. The zero-order valence-corrected chi connectivity index (χ0v) is 10.4. The van der Waals surface area contributed by atoms with Gasteiger partial charge in [0.15, 0.2) is 0 Å². The lowest BCUT2D eigenvalue weighted by atomic mass is 9.91. The Kier molecular flexibility index (Phi) is 3.94. The zero-order chi connectivity index (χ0) is 11.4. The van der Waals surface area contributed by atoms with E-state index in [0.717, 1.165) is 12.5 Å². The molecule has 0 fully saturated rings. The highest BCUT2D eigenvalue weighted by Crippen LogP contribution is 2.27. The van der Waals surface area contributed by atoms with E-state index < -0.39 is 0 Å². The van der Waals surface area contributed by atoms with E-state index in [0.29, 0.717) is 6.04 Å². The van der Waals surface area contributed by atoms with E-state index in [4.69, 9.17) is 0 Å². The molecular formula is C14H22N2. The van der Waals surface area contributed by atoms with Crippen LogP contribution in [-0.4, -0.2) is 11.5 Å². The number of fused-ring (bicyclic) bond motifs is 1. The summed E-state index contributed by atoms with van der Waals surface area (Å²) in [5.41, 5.74) is 2.73. The predicted octanol–water partition coefficient (Wildman–Crippen LogP) is 3.09. The van der Waals surface area contributed by atoms with Gasteiger partial charge in [-0.1, -0.05) is 26.3 Å². The normalized spacial score (nSPS) is 21.5. The van der Waals surface area contributed by atoms with Gasteiger partial charge in [-0.05, 0) is 43.4 Å². The van der Waals surface area contributed by atoms with E-state index in [1.165, 1.54) is 36.9 Å². The molecule has 2 nitrogen and oxygen atoms in total. The maximum Gasteiger partial charge on any atom is 0.0605 e. The lowest BCUT2D eigenvalue weighted by Gasteiger charge is -2.26. The molecule has 0 saturated carbocycles. The van der Waals surface area contributed by atoms with Gasteiger partial charge in [-0.25, -0.2) is 0 Å². The molecule has 0 amide bonds. The number of aromatic nitrogens is 1. The van der Waals surface area contributed by atoms with E-state index in [9.17, 15) is 0 Å². The monoisotopic (exact) mass is 218 g/mol. The number of rotatable bonds is 4. The van der Waals surface area contributed by atoms with Crippen molar-refractivity contribution < 1.29 is 0 Å². The van der Waals surface area contributed by atoms with Gasteiger partial charge in [-0.2, -0.15) is 0 Å². The fraction of sp³-hybridized carbons (Fsp3) is 0.643. The largest absolute Gasteiger partial charge is 0.308 e. The van der Waals surface area contributed by atoms with Crippen molar-refractivity contribution >= 4 is 0 Å². The highest BCUT2D eigenvalue weighted by Gasteiger charge is 2.20. The van der Waals surface area contributed by atoms with E-state index >= 15 is 0 Å². The minimum absolute atomic E-state index is 0.485. The number of pyridine rings is 1. The van der Waals surface area contributed by atoms with Crippen LogP contribution in [0.3, 0.4) is 0 Å². The SMILES string of the molecule is CCC(C)CNC1CCCc2cccnc21. The van der Waals surface area contributed by atoms with Gasteiger partial charge < -0.3 is 5.32 Å². The van der Waals surface area contributed by atoms with E-state index in [-0.39, 0.29) is 0 Å². The first kappa shape index (κ1) is 11.6. The van der Waals surface area contributed by atoms with Crippen LogP contribution < -0.4 is 5.32 Å². The van der Waals surface area contributed by atoms with E-state index in [2.05, 4.69) is 36.3 Å². The number of nitrogens with one attached hydrogen (secondary N) is 1. The van der Waals surface area contributed by atoms with Crippen molar-refractivity contribution in [1.82, 2.24) is 10.3 Å². The van der Waals surface area contributed by atoms with Gasteiger partial charge in [0.25, 0.3) is 0 Å². The molecule has 0 spiro atoms. The van der Waals surface area contributed by atoms with Crippen LogP contribution in [-0.2, 0) is 6.42 Å². The number of aryl methyl sites for hydroxylation is 1. The van der Waals surface area contributed by atoms with Gasteiger partial charge >= 0.3 is 0 Å². The molecule has 2 rings (SSSR count). The second-order valence-corrected chi connectivity index (χ2v) is 4.91. The predicted molar refractivity (Wildman–Crippen MR) is 67.4 cm³/mol. The van der Waals surface area contributed by atoms with E-state index in [1.54, 1.807) is 0 Å². The summed E-state index contributed by atoms with van der Waals surface area (Å²) in [4.78, 5) is 4.54. The van der Waals surface area contributed by atoms with E-state index in [1.807, 2.05) is 6.20 Å². The first-order valence-corrected chi connectivity index (χ1v) is 6.48. The molecule has 0 aliphatic heterocycles. The van der Waals surface area contributed by atoms with Crippen LogP contribution in [0.5, 0.6) is 0 Å². The van der Waals surface area contributed by atoms with Crippen LogP contribution in [0.15, 0.2) is 18.3 Å². The number of nitrogens with zero attached hydrogens (tertiary/aromatic N) is 1. The summed E-state index contributed by atoms with van der Waals surface area (Å²) in [6.07, 6.45) is 6.89. The molecule has 0 radical (unpaired) electrons. The minimum atomic E-state index is 0.485. The van der Waals surface area contributed by atoms with Crippen LogP contribution in [0.2, 0.25) is 0 Å². The average Bonchev–Trinajstić information content (AvgIpc) is 2.35. The van der Waals surface area contributed by atoms with Gasteiger partial charge in [0.2, 0.25) is 0 Å². The summed E-state index contributed by atoms with van der Waals surface area (Å²) < 4.78 is 0. The topological polar surface area (TPSA) is 24.9 Å². The maximum absolute atomic E-state index is 4.54. The van der Waals surface area contributed by atoms with Gasteiger partial charge in [-0.15, -0.1) is 0 Å². The Hall–Kier alpha value is -0.890. The third-order valence-corrected chi connectivity index (χ3v) is 3.60. The van der Waals surface area contributed by atoms with Crippen molar-refractivity contribution in [2.45, 2.75) is 45.6 Å². The fourth-order valence-electron chi connectivity index (χ4n) is 2.30. The Morgan fingerprint density at radius 2 is 2.44 bits per heavy atom. The summed E-state index contributed by atoms with van der Waals surface area (Å²) in [5.74, 6) is 0.758. The average molecular weight is 218 g/mol. The molecule has 16 heavy (non-hydrogen) atoms. The molecule has 1 aliphatic carbocycles. The molecule has 2 atom stereocenters. The summed E-state index contributed by atoms with van der Waals surface area (Å²) in [5, 5.41) is 3.67. The van der Waals surface area contributed by atoms with Crippen LogP contribution in [0, 0.1) is 5.92 Å². The van der Waals surface area contributed by atoms with Crippen LogP contribution in [0.1, 0.15) is 50.4 Å². The molecule has 88 valence electrons. The fourth-order valence-corrected chi connectivity index (χ4v) is 2.30. The second-order valence-electron chi connectivity index (χ2n) is 4.91. The lowest BCUT2D eigenvalue weighted by Crippen LogP contribution is -2.29. The van der Waals surface area contributed by atoms with Gasteiger partial charge in [0.1, 0.15) is 0 Å². The quantitative estimate of drug-likeness (QED) is 0.840. The van der Waals surface area contributed by atoms with Crippen LogP contribution in [0.25, 0.3) is 0 Å². The summed E-state index contributed by atoms with van der Waals surface area (Å²) in [7, 11) is 0. The third-order valence-electron chi connectivity index (χ3n) is 3.60. The van der Waals surface area contributed by atoms with Crippen molar-refractivity contribution in [2.75, 3.05) is 6.54 Å². The second kappa shape index (κ2) is 5.44. The van der Waals surface area contributed by atoms with Crippen molar-refractivity contribution in [3.05, 3.63) is 29.6 Å². The number of hydrogen-bond acceptors (Lipinski definition) is 2. The molecule has 1 aromatic rings. The molecule has 1 aromatic heterocycles. The zero-order valence-electron chi connectivity index (χ0n) is 10.4. The Bertz CT molecular complexity index is 335. The van der Waals surface area contributed by atoms with Gasteiger partial charge in [0, 0.05) is 12.2 Å². The Morgan fingerprint density at radius 3 is 3.25 bits per heavy atom. The molecular weight excluding hydrogens is 196 g/mol. The van der Waals surface area contributed by atoms with Gasteiger partial charge in [0.05, 0.1) is 5.69 Å². The molecule has 1 aliphatic rings. The van der Waals surface area contributed by atoms with Crippen molar-refractivity contribution in [2.24, 2.45) is 5.92 Å². The molecule has 0 bridgehead atoms. The molecule has 0 saturated heterocycles. The molecule has 0 aromatic carbocycles. The Labute approximate surface area is 98.5 Å². The Morgan fingerprint density at radius 1 is 1.56 bits per heavy atom. The summed E-state index contributed by atoms with van der Waals surface area (Å²) in [6.45, 7) is 5.66. The third kappa shape index (κ3) is 2.62. The molecule has 2 unspecified atom stereocenters. The number of hydrogen-bond donors (Lipinski definition) is 1. The molecule has 1 heterocycles. The lowest BCUT2D eigenvalue weighted by molar-refractivity contribution is 0.402. The summed E-state index contributed by atoms with van der Waals surface area (Å²) in [6, 6.07) is 4.76. The molecule has 1 N–H and O–H groups in total. The van der Waals surface area contributed by atoms with Crippen molar-refractivity contribution in [3.63, 3.8) is 0 Å².